The van der Waals surface area contributed by atoms with E-state index >= 15 is 0 Å². The summed E-state index contributed by atoms with van der Waals surface area (Å²) in [6.45, 7) is -0.000291. The van der Waals surface area contributed by atoms with E-state index in [1.54, 1.807) is 24.3 Å². The third kappa shape index (κ3) is 3.96. The molecule has 0 aromatic heterocycles. The first kappa shape index (κ1) is 16.3. The molecule has 1 unspecified atom stereocenters. The molecule has 1 amide bonds. The lowest BCUT2D eigenvalue weighted by molar-refractivity contribution is 0.0916. The minimum atomic E-state index is -0.890. The van der Waals surface area contributed by atoms with Crippen molar-refractivity contribution in [2.75, 3.05) is 13.7 Å². The number of benzene rings is 2. The van der Waals surface area contributed by atoms with Crippen LogP contribution < -0.4 is 10.1 Å². The number of rotatable bonds is 5. The summed E-state index contributed by atoms with van der Waals surface area (Å²) in [5.41, 5.74) is 0.769. The van der Waals surface area contributed by atoms with Gasteiger partial charge in [-0.25, -0.2) is 4.39 Å². The Kier molecular flexibility index (Phi) is 5.35. The quantitative estimate of drug-likeness (QED) is 0.889. The molecule has 0 spiro atoms. The number of carbonyl (C=O) groups is 1. The van der Waals surface area contributed by atoms with Crippen molar-refractivity contribution < 1.29 is 19.0 Å². The number of halogens is 2. The number of aliphatic hydroxyl groups excluding tert-OH is 1. The first-order valence-corrected chi connectivity index (χ1v) is 6.94. The molecule has 0 saturated carbocycles. The van der Waals surface area contributed by atoms with Gasteiger partial charge in [0.25, 0.3) is 5.91 Å². The standard InChI is InChI=1S/C16H15ClFNO3/c1-22-12-4-2-3-10(7-12)15(20)9-19-16(21)13-6-5-11(18)8-14(13)17/h2-8,15,20H,9H2,1H3,(H,19,21). The Morgan fingerprint density at radius 2 is 2.14 bits per heavy atom. The number of nitrogens with one attached hydrogen (secondary N) is 1. The minimum absolute atomic E-state index is 0.000291. The van der Waals surface area contributed by atoms with E-state index in [0.717, 1.165) is 12.1 Å². The number of methoxy groups -OCH3 is 1. The van der Waals surface area contributed by atoms with E-state index < -0.39 is 17.8 Å². The fourth-order valence-corrected chi connectivity index (χ4v) is 2.18. The Balaban J connectivity index is 2.00. The number of aliphatic hydroxyl groups is 1. The summed E-state index contributed by atoms with van der Waals surface area (Å²) in [5.74, 6) is -0.380. The zero-order valence-electron chi connectivity index (χ0n) is 11.8. The van der Waals surface area contributed by atoms with E-state index in [-0.39, 0.29) is 17.1 Å². The van der Waals surface area contributed by atoms with E-state index in [4.69, 9.17) is 16.3 Å². The maximum Gasteiger partial charge on any atom is 0.252 e. The van der Waals surface area contributed by atoms with Gasteiger partial charge in [0, 0.05) is 6.54 Å². The molecular weight excluding hydrogens is 309 g/mol. The number of carbonyl (C=O) groups excluding carboxylic acids is 1. The molecule has 22 heavy (non-hydrogen) atoms. The minimum Gasteiger partial charge on any atom is -0.497 e. The molecule has 116 valence electrons. The third-order valence-electron chi connectivity index (χ3n) is 3.11. The van der Waals surface area contributed by atoms with Crippen LogP contribution in [0.15, 0.2) is 42.5 Å². The van der Waals surface area contributed by atoms with E-state index in [1.807, 2.05) is 0 Å². The van der Waals surface area contributed by atoms with Gasteiger partial charge in [-0.05, 0) is 35.9 Å². The topological polar surface area (TPSA) is 58.6 Å². The molecule has 2 aromatic carbocycles. The highest BCUT2D eigenvalue weighted by Crippen LogP contribution is 2.20. The van der Waals surface area contributed by atoms with Crippen LogP contribution in [0.2, 0.25) is 5.02 Å². The fourth-order valence-electron chi connectivity index (χ4n) is 1.92. The summed E-state index contributed by atoms with van der Waals surface area (Å²) in [6.07, 6.45) is -0.890. The maximum absolute atomic E-state index is 12.9. The lowest BCUT2D eigenvalue weighted by Gasteiger charge is -2.13. The number of hydrogen-bond donors (Lipinski definition) is 2. The van der Waals surface area contributed by atoms with Crippen LogP contribution in [0.4, 0.5) is 4.39 Å². The molecule has 0 saturated heterocycles. The van der Waals surface area contributed by atoms with Gasteiger partial charge in [0.05, 0.1) is 23.8 Å². The zero-order valence-corrected chi connectivity index (χ0v) is 12.6. The summed E-state index contributed by atoms with van der Waals surface area (Å²) in [7, 11) is 1.53. The molecule has 0 bridgehead atoms. The number of amides is 1. The average Bonchev–Trinajstić information content (AvgIpc) is 2.52. The second-order valence-electron chi connectivity index (χ2n) is 4.63. The molecule has 0 aliphatic carbocycles. The highest BCUT2D eigenvalue weighted by atomic mass is 35.5. The molecule has 4 nitrogen and oxygen atoms in total. The molecule has 2 aromatic rings. The van der Waals surface area contributed by atoms with Crippen molar-refractivity contribution in [3.05, 3.63) is 64.4 Å². The zero-order chi connectivity index (χ0) is 16.1. The first-order valence-electron chi connectivity index (χ1n) is 6.56. The molecule has 0 radical (unpaired) electrons. The van der Waals surface area contributed by atoms with Gasteiger partial charge in [0.2, 0.25) is 0 Å². The second kappa shape index (κ2) is 7.24. The smallest absolute Gasteiger partial charge is 0.252 e. The molecule has 6 heteroatoms. The lowest BCUT2D eigenvalue weighted by Crippen LogP contribution is -2.28. The highest BCUT2D eigenvalue weighted by Gasteiger charge is 2.14. The van der Waals surface area contributed by atoms with Crippen LogP contribution in [0, 0.1) is 5.82 Å². The average molecular weight is 324 g/mol. The highest BCUT2D eigenvalue weighted by molar-refractivity contribution is 6.33. The van der Waals surface area contributed by atoms with Crippen molar-refractivity contribution >= 4 is 17.5 Å². The summed E-state index contributed by atoms with van der Waals surface area (Å²) in [6, 6.07) is 10.4. The van der Waals surface area contributed by atoms with Crippen LogP contribution in [-0.4, -0.2) is 24.7 Å². The van der Waals surface area contributed by atoms with Gasteiger partial charge in [-0.15, -0.1) is 0 Å². The predicted octanol–water partition coefficient (Wildman–Crippen LogP) is 2.95. The van der Waals surface area contributed by atoms with Crippen molar-refractivity contribution in [2.24, 2.45) is 0 Å². The van der Waals surface area contributed by atoms with Gasteiger partial charge in [-0.1, -0.05) is 23.7 Å². The van der Waals surface area contributed by atoms with Crippen LogP contribution in [0.25, 0.3) is 0 Å². The van der Waals surface area contributed by atoms with Crippen molar-refractivity contribution in [2.45, 2.75) is 6.10 Å². The van der Waals surface area contributed by atoms with Crippen molar-refractivity contribution in [1.29, 1.82) is 0 Å². The Labute approximate surface area is 132 Å². The van der Waals surface area contributed by atoms with E-state index in [2.05, 4.69) is 5.32 Å². The number of ether oxygens (including phenoxy) is 1. The lowest BCUT2D eigenvalue weighted by atomic mass is 10.1. The maximum atomic E-state index is 12.9. The summed E-state index contributed by atoms with van der Waals surface area (Å²) in [4.78, 5) is 12.0. The summed E-state index contributed by atoms with van der Waals surface area (Å²) in [5, 5.41) is 12.7. The first-order chi connectivity index (χ1) is 10.5. The van der Waals surface area contributed by atoms with Crippen molar-refractivity contribution in [1.82, 2.24) is 5.32 Å². The SMILES string of the molecule is COc1cccc(C(O)CNC(=O)c2ccc(F)cc2Cl)c1. The van der Waals surface area contributed by atoms with E-state index in [0.29, 0.717) is 11.3 Å². The second-order valence-corrected chi connectivity index (χ2v) is 5.03. The van der Waals surface area contributed by atoms with Gasteiger partial charge in [0.15, 0.2) is 0 Å². The third-order valence-corrected chi connectivity index (χ3v) is 3.42. The van der Waals surface area contributed by atoms with Gasteiger partial charge < -0.3 is 15.2 Å². The van der Waals surface area contributed by atoms with E-state index in [9.17, 15) is 14.3 Å². The Morgan fingerprint density at radius 3 is 2.82 bits per heavy atom. The summed E-state index contributed by atoms with van der Waals surface area (Å²) >= 11 is 5.82. The monoisotopic (exact) mass is 323 g/mol. The van der Waals surface area contributed by atoms with Gasteiger partial charge in [-0.2, -0.15) is 0 Å². The molecule has 2 rings (SSSR count). The normalized spacial score (nSPS) is 11.8. The van der Waals surface area contributed by atoms with Crippen LogP contribution in [-0.2, 0) is 0 Å². The van der Waals surface area contributed by atoms with Crippen molar-refractivity contribution in [3.8, 4) is 5.75 Å². The molecule has 1 atom stereocenters. The van der Waals surface area contributed by atoms with E-state index in [1.165, 1.54) is 13.2 Å². The predicted molar refractivity (Wildman–Crippen MR) is 81.7 cm³/mol. The fraction of sp³-hybridized carbons (Fsp3) is 0.188. The van der Waals surface area contributed by atoms with Gasteiger partial charge in [-0.3, -0.25) is 4.79 Å². The molecule has 0 aliphatic heterocycles. The largest absolute Gasteiger partial charge is 0.497 e. The summed E-state index contributed by atoms with van der Waals surface area (Å²) < 4.78 is 18.0. The van der Waals surface area contributed by atoms with Gasteiger partial charge in [0.1, 0.15) is 11.6 Å². The molecule has 2 N–H and O–H groups in total. The molecule has 0 heterocycles. The van der Waals surface area contributed by atoms with Crippen molar-refractivity contribution in [3.63, 3.8) is 0 Å². The molecular formula is C16H15ClFNO3. The Hall–Kier alpha value is -2.11. The van der Waals surface area contributed by atoms with Crippen LogP contribution >= 0.6 is 11.6 Å². The molecule has 0 fully saturated rings. The van der Waals surface area contributed by atoms with Crippen LogP contribution in [0.5, 0.6) is 5.75 Å². The number of hydrogen-bond acceptors (Lipinski definition) is 3. The molecule has 0 aliphatic rings. The van der Waals surface area contributed by atoms with Gasteiger partial charge >= 0.3 is 0 Å². The van der Waals surface area contributed by atoms with Crippen LogP contribution in [0.1, 0.15) is 22.0 Å². The Bertz CT molecular complexity index is 678. The Morgan fingerprint density at radius 1 is 1.36 bits per heavy atom. The van der Waals surface area contributed by atoms with Crippen LogP contribution in [0.3, 0.4) is 0 Å².